The summed E-state index contributed by atoms with van der Waals surface area (Å²) in [5.74, 6) is 0.453. The van der Waals surface area contributed by atoms with Crippen molar-refractivity contribution in [3.05, 3.63) is 83.4 Å². The van der Waals surface area contributed by atoms with Crippen LogP contribution in [0.4, 0.5) is 0 Å². The Labute approximate surface area is 165 Å². The van der Waals surface area contributed by atoms with Crippen LogP contribution in [-0.2, 0) is 0 Å². The Morgan fingerprint density at radius 2 is 1.11 bits per heavy atom. The number of nitrogens with zero attached hydrogens (tertiary/aromatic N) is 4. The minimum Gasteiger partial charge on any atom is -0.309 e. The molecular weight excluding hydrogens is 379 g/mol. The lowest BCUT2D eigenvalue weighted by Gasteiger charge is -2.09. The van der Waals surface area contributed by atoms with Crippen LogP contribution in [0.2, 0.25) is 10.6 Å². The topological polar surface area (TPSA) is 43.6 Å². The van der Waals surface area contributed by atoms with Gasteiger partial charge in [0.2, 0.25) is 10.6 Å². The third-order valence-corrected chi connectivity index (χ3v) is 4.88. The van der Waals surface area contributed by atoms with Crippen molar-refractivity contribution in [2.24, 2.45) is 0 Å². The van der Waals surface area contributed by atoms with E-state index in [0.717, 1.165) is 22.3 Å². The van der Waals surface area contributed by atoms with Crippen molar-refractivity contribution in [3.8, 4) is 17.1 Å². The monoisotopic (exact) mass is 390 g/mol. The third kappa shape index (κ3) is 2.74. The number of aromatic nitrogens is 4. The number of rotatable bonds is 2. The summed E-state index contributed by atoms with van der Waals surface area (Å²) in [5.41, 5.74) is 4.21. The highest BCUT2D eigenvalue weighted by molar-refractivity contribution is 6.31. The lowest BCUT2D eigenvalue weighted by Crippen LogP contribution is -1.96. The zero-order valence-electron chi connectivity index (χ0n) is 14.0. The molecule has 2 aromatic heterocycles. The highest BCUT2D eigenvalue weighted by Gasteiger charge is 2.12. The van der Waals surface area contributed by atoms with Gasteiger partial charge in [-0.2, -0.15) is 15.0 Å². The number of halogens is 2. The summed E-state index contributed by atoms with van der Waals surface area (Å²) in [6, 6.07) is 24.8. The van der Waals surface area contributed by atoms with Crippen LogP contribution in [-0.4, -0.2) is 19.5 Å². The van der Waals surface area contributed by atoms with Gasteiger partial charge in [-0.1, -0.05) is 36.4 Å². The standard InChI is InChI=1S/C21H12Cl2N4/c22-20-24-19(25-21(23)26-20)13-9-11-14(12-10-13)27-17-7-3-1-5-15(17)16-6-2-4-8-18(16)27/h1-12H. The van der Waals surface area contributed by atoms with E-state index in [0.29, 0.717) is 5.82 Å². The van der Waals surface area contributed by atoms with Crippen molar-refractivity contribution in [2.75, 3.05) is 0 Å². The Kier molecular flexibility index (Phi) is 3.81. The smallest absolute Gasteiger partial charge is 0.227 e. The molecule has 0 spiro atoms. The molecule has 0 saturated carbocycles. The third-order valence-electron chi connectivity index (χ3n) is 4.54. The molecule has 0 aliphatic carbocycles. The minimum atomic E-state index is 0.0801. The molecular formula is C21H12Cl2N4. The van der Waals surface area contributed by atoms with Crippen molar-refractivity contribution in [1.29, 1.82) is 0 Å². The van der Waals surface area contributed by atoms with Crippen LogP contribution >= 0.6 is 23.2 Å². The first-order valence-electron chi connectivity index (χ1n) is 8.37. The number of fused-ring (bicyclic) bond motifs is 3. The molecule has 130 valence electrons. The second kappa shape index (κ2) is 6.34. The van der Waals surface area contributed by atoms with Crippen LogP contribution in [0.5, 0.6) is 0 Å². The van der Waals surface area contributed by atoms with E-state index in [1.807, 2.05) is 24.3 Å². The predicted molar refractivity (Wildman–Crippen MR) is 110 cm³/mol. The molecule has 4 nitrogen and oxygen atoms in total. The van der Waals surface area contributed by atoms with Crippen LogP contribution in [0.3, 0.4) is 0 Å². The first-order chi connectivity index (χ1) is 13.2. The lowest BCUT2D eigenvalue weighted by molar-refractivity contribution is 1.06. The summed E-state index contributed by atoms with van der Waals surface area (Å²) < 4.78 is 2.25. The summed E-state index contributed by atoms with van der Waals surface area (Å²) >= 11 is 11.8. The van der Waals surface area contributed by atoms with E-state index >= 15 is 0 Å². The fourth-order valence-electron chi connectivity index (χ4n) is 3.42. The zero-order chi connectivity index (χ0) is 18.4. The van der Waals surface area contributed by atoms with Crippen LogP contribution in [0.25, 0.3) is 38.9 Å². The SMILES string of the molecule is Clc1nc(Cl)nc(-c2ccc(-n3c4ccccc4c4ccccc43)cc2)n1. The van der Waals surface area contributed by atoms with Crippen LogP contribution in [0.15, 0.2) is 72.8 Å². The fourth-order valence-corrected chi connectivity index (χ4v) is 3.78. The molecule has 0 aliphatic heterocycles. The van der Waals surface area contributed by atoms with Crippen LogP contribution in [0.1, 0.15) is 0 Å². The van der Waals surface area contributed by atoms with Gasteiger partial charge in [-0.3, -0.25) is 0 Å². The summed E-state index contributed by atoms with van der Waals surface area (Å²) in [7, 11) is 0. The molecule has 0 saturated heterocycles. The number of hydrogen-bond acceptors (Lipinski definition) is 3. The predicted octanol–water partition coefficient (Wildman–Crippen LogP) is 5.94. The molecule has 3 aromatic carbocycles. The molecule has 5 aromatic rings. The molecule has 0 atom stereocenters. The van der Waals surface area contributed by atoms with E-state index in [1.54, 1.807) is 0 Å². The van der Waals surface area contributed by atoms with Crippen molar-refractivity contribution < 1.29 is 0 Å². The highest BCUT2D eigenvalue weighted by Crippen LogP contribution is 2.32. The second-order valence-corrected chi connectivity index (χ2v) is 6.79. The van der Waals surface area contributed by atoms with E-state index in [9.17, 15) is 0 Å². The average Bonchev–Trinajstić information content (AvgIpc) is 3.02. The molecule has 0 amide bonds. The molecule has 0 unspecified atom stereocenters. The van der Waals surface area contributed by atoms with Gasteiger partial charge in [-0.05, 0) is 59.6 Å². The molecule has 0 bridgehead atoms. The first kappa shape index (κ1) is 16.2. The molecule has 27 heavy (non-hydrogen) atoms. The van der Waals surface area contributed by atoms with Gasteiger partial charge >= 0.3 is 0 Å². The van der Waals surface area contributed by atoms with E-state index in [1.165, 1.54) is 10.8 Å². The van der Waals surface area contributed by atoms with Gasteiger partial charge in [-0.15, -0.1) is 0 Å². The molecule has 0 radical (unpaired) electrons. The maximum atomic E-state index is 5.89. The van der Waals surface area contributed by atoms with Gasteiger partial charge in [0.15, 0.2) is 5.82 Å². The lowest BCUT2D eigenvalue weighted by atomic mass is 10.2. The number of para-hydroxylation sites is 2. The summed E-state index contributed by atoms with van der Waals surface area (Å²) in [4.78, 5) is 12.1. The molecule has 5 rings (SSSR count). The van der Waals surface area contributed by atoms with Crippen molar-refractivity contribution in [1.82, 2.24) is 19.5 Å². The first-order valence-corrected chi connectivity index (χ1v) is 9.12. The van der Waals surface area contributed by atoms with Crippen LogP contribution in [0, 0.1) is 0 Å². The molecule has 2 heterocycles. The molecule has 0 aliphatic rings. The van der Waals surface area contributed by atoms with Gasteiger partial charge in [0, 0.05) is 22.0 Å². The second-order valence-electron chi connectivity index (χ2n) is 6.11. The van der Waals surface area contributed by atoms with Crippen LogP contribution < -0.4 is 0 Å². The Morgan fingerprint density at radius 3 is 1.67 bits per heavy atom. The van der Waals surface area contributed by atoms with Crippen molar-refractivity contribution >= 4 is 45.0 Å². The van der Waals surface area contributed by atoms with Crippen molar-refractivity contribution in [3.63, 3.8) is 0 Å². The Bertz CT molecular complexity index is 1220. The van der Waals surface area contributed by atoms with E-state index in [4.69, 9.17) is 23.2 Å². The summed E-state index contributed by atoms with van der Waals surface area (Å²) in [6.07, 6.45) is 0. The van der Waals surface area contributed by atoms with Gasteiger partial charge < -0.3 is 4.57 Å². The number of hydrogen-bond donors (Lipinski definition) is 0. The Balaban J connectivity index is 1.69. The molecule has 6 heteroatoms. The van der Waals surface area contributed by atoms with Gasteiger partial charge in [0.1, 0.15) is 0 Å². The fraction of sp³-hybridized carbons (Fsp3) is 0. The average molecular weight is 391 g/mol. The normalized spacial score (nSPS) is 11.3. The van der Waals surface area contributed by atoms with E-state index in [2.05, 4.69) is 68.0 Å². The number of benzene rings is 3. The maximum Gasteiger partial charge on any atom is 0.227 e. The highest BCUT2D eigenvalue weighted by atomic mass is 35.5. The van der Waals surface area contributed by atoms with E-state index < -0.39 is 0 Å². The van der Waals surface area contributed by atoms with Gasteiger partial charge in [0.25, 0.3) is 0 Å². The minimum absolute atomic E-state index is 0.0801. The Hall–Kier alpha value is -2.95. The van der Waals surface area contributed by atoms with Crippen molar-refractivity contribution in [2.45, 2.75) is 0 Å². The van der Waals surface area contributed by atoms with Gasteiger partial charge in [-0.25, -0.2) is 0 Å². The summed E-state index contributed by atoms with van der Waals surface area (Å²) in [5, 5.41) is 2.62. The largest absolute Gasteiger partial charge is 0.309 e. The summed E-state index contributed by atoms with van der Waals surface area (Å²) in [6.45, 7) is 0. The maximum absolute atomic E-state index is 5.89. The zero-order valence-corrected chi connectivity index (χ0v) is 15.5. The molecule has 0 fully saturated rings. The Morgan fingerprint density at radius 1 is 0.593 bits per heavy atom. The van der Waals surface area contributed by atoms with Gasteiger partial charge in [0.05, 0.1) is 11.0 Å². The molecule has 0 N–H and O–H groups in total. The van der Waals surface area contributed by atoms with E-state index in [-0.39, 0.29) is 10.6 Å². The quantitative estimate of drug-likeness (QED) is 0.374.